The van der Waals surface area contributed by atoms with Crippen LogP contribution in [-0.4, -0.2) is 30.5 Å². The van der Waals surface area contributed by atoms with Gasteiger partial charge in [-0.25, -0.2) is 4.79 Å². The zero-order valence-electron chi connectivity index (χ0n) is 6.26. The van der Waals surface area contributed by atoms with Crippen LogP contribution in [0.5, 0.6) is 0 Å². The first-order valence-electron chi connectivity index (χ1n) is 3.25. The van der Waals surface area contributed by atoms with E-state index < -0.39 is 6.09 Å². The molecule has 0 spiro atoms. The largest absolute Gasteiger partial charge is 0.465 e. The number of hydrogen-bond acceptors (Lipinski definition) is 2. The van der Waals surface area contributed by atoms with E-state index in [0.29, 0.717) is 13.2 Å². The molecule has 0 unspecified atom stereocenters. The van der Waals surface area contributed by atoms with E-state index in [1.165, 1.54) is 0 Å². The van der Waals surface area contributed by atoms with Crippen molar-refractivity contribution in [2.75, 3.05) is 13.2 Å². The zero-order chi connectivity index (χ0) is 7.98. The molecule has 2 N–H and O–H groups in total. The summed E-state index contributed by atoms with van der Waals surface area (Å²) in [5.74, 6) is 0. The van der Waals surface area contributed by atoms with Gasteiger partial charge in [-0.2, -0.15) is 0 Å². The molecule has 4 nitrogen and oxygen atoms in total. The van der Waals surface area contributed by atoms with E-state index in [4.69, 9.17) is 9.84 Å². The molecule has 1 amide bonds. The molecule has 10 heavy (non-hydrogen) atoms. The van der Waals surface area contributed by atoms with Crippen molar-refractivity contribution < 1.29 is 14.6 Å². The molecule has 0 aromatic heterocycles. The van der Waals surface area contributed by atoms with Crippen LogP contribution in [-0.2, 0) is 4.74 Å². The van der Waals surface area contributed by atoms with Crippen LogP contribution >= 0.6 is 0 Å². The van der Waals surface area contributed by atoms with Gasteiger partial charge in [0.15, 0.2) is 0 Å². The van der Waals surface area contributed by atoms with Gasteiger partial charge >= 0.3 is 6.09 Å². The second kappa shape index (κ2) is 5.05. The lowest BCUT2D eigenvalue weighted by Gasteiger charge is -2.09. The number of ether oxygens (including phenoxy) is 1. The predicted octanol–water partition coefficient (Wildman–Crippen LogP) is 0.679. The number of nitrogens with one attached hydrogen (secondary N) is 1. The normalized spacial score (nSPS) is 12.6. The van der Waals surface area contributed by atoms with Crippen molar-refractivity contribution in [3.8, 4) is 0 Å². The van der Waals surface area contributed by atoms with E-state index in [1.54, 1.807) is 0 Å². The van der Waals surface area contributed by atoms with Gasteiger partial charge in [-0.1, -0.05) is 0 Å². The van der Waals surface area contributed by atoms with Gasteiger partial charge in [0.25, 0.3) is 0 Å². The maximum Gasteiger partial charge on any atom is 0.404 e. The van der Waals surface area contributed by atoms with E-state index in [0.717, 1.165) is 0 Å². The fourth-order valence-corrected chi connectivity index (χ4v) is 0.574. The Bertz CT molecular complexity index is 105. The Labute approximate surface area is 60.2 Å². The van der Waals surface area contributed by atoms with Gasteiger partial charge in [-0.15, -0.1) is 0 Å². The van der Waals surface area contributed by atoms with Crippen molar-refractivity contribution in [3.63, 3.8) is 0 Å². The predicted molar refractivity (Wildman–Crippen MR) is 37.1 cm³/mol. The molecule has 0 aliphatic rings. The van der Waals surface area contributed by atoms with Crippen molar-refractivity contribution in [2.45, 2.75) is 20.0 Å². The third kappa shape index (κ3) is 5.37. The van der Waals surface area contributed by atoms with E-state index in [9.17, 15) is 4.79 Å². The summed E-state index contributed by atoms with van der Waals surface area (Å²) in [5, 5.41) is 10.4. The van der Waals surface area contributed by atoms with E-state index in [-0.39, 0.29) is 6.10 Å². The first-order valence-corrected chi connectivity index (χ1v) is 3.25. The van der Waals surface area contributed by atoms with Crippen molar-refractivity contribution in [3.05, 3.63) is 0 Å². The molecule has 0 aliphatic carbocycles. The van der Waals surface area contributed by atoms with Crippen LogP contribution in [0.15, 0.2) is 0 Å². The number of rotatable bonds is 4. The van der Waals surface area contributed by atoms with E-state index in [1.807, 2.05) is 13.8 Å². The molecule has 0 radical (unpaired) electrons. The van der Waals surface area contributed by atoms with Crippen LogP contribution in [0.1, 0.15) is 13.8 Å². The highest BCUT2D eigenvalue weighted by atomic mass is 16.5. The first kappa shape index (κ1) is 9.23. The van der Waals surface area contributed by atoms with Gasteiger partial charge in [0.05, 0.1) is 6.10 Å². The van der Waals surface area contributed by atoms with Gasteiger partial charge in [-0.05, 0) is 13.8 Å². The summed E-state index contributed by atoms with van der Waals surface area (Å²) in [4.78, 5) is 9.94. The molecule has 0 aliphatic heterocycles. The van der Waals surface area contributed by atoms with Crippen LogP contribution in [0.4, 0.5) is 4.79 Å². The van der Waals surface area contributed by atoms with Crippen LogP contribution in [0.3, 0.4) is 0 Å². The lowest BCUT2D eigenvalue weighted by atomic mass is 10.4. The molecule has 4 heteroatoms. The zero-order valence-corrected chi connectivity index (χ0v) is 6.26. The monoisotopic (exact) mass is 147 g/mol. The minimum Gasteiger partial charge on any atom is -0.465 e. The summed E-state index contributed by atoms with van der Waals surface area (Å²) in [5.41, 5.74) is 0. The quantitative estimate of drug-likeness (QED) is 0.614. The molecule has 0 saturated heterocycles. The smallest absolute Gasteiger partial charge is 0.404 e. The molecule has 0 heterocycles. The van der Waals surface area contributed by atoms with Crippen molar-refractivity contribution in [2.24, 2.45) is 0 Å². The number of carbonyl (C=O) groups is 1. The van der Waals surface area contributed by atoms with Gasteiger partial charge in [-0.3, -0.25) is 0 Å². The summed E-state index contributed by atoms with van der Waals surface area (Å²) in [6.45, 7) is 4.66. The number of carboxylic acid groups (broad SMARTS) is 1. The lowest BCUT2D eigenvalue weighted by molar-refractivity contribution is 0.0755. The maximum atomic E-state index is 9.94. The van der Waals surface area contributed by atoms with Crippen LogP contribution in [0.25, 0.3) is 0 Å². The molecule has 60 valence electrons. The Hall–Kier alpha value is -0.770. The summed E-state index contributed by atoms with van der Waals surface area (Å²) < 4.78 is 5.07. The first-order chi connectivity index (χ1) is 4.66. The molecular weight excluding hydrogens is 134 g/mol. The van der Waals surface area contributed by atoms with Crippen LogP contribution in [0.2, 0.25) is 0 Å². The Morgan fingerprint density at radius 3 is 2.80 bits per heavy atom. The topological polar surface area (TPSA) is 58.6 Å². The Balaban J connectivity index is 3.21. The fraction of sp³-hybridized carbons (Fsp3) is 0.833. The second-order valence-corrected chi connectivity index (χ2v) is 1.95. The Morgan fingerprint density at radius 1 is 1.80 bits per heavy atom. The van der Waals surface area contributed by atoms with Crippen molar-refractivity contribution in [1.29, 1.82) is 0 Å². The summed E-state index contributed by atoms with van der Waals surface area (Å²) in [6, 6.07) is 0. The molecule has 0 rings (SSSR count). The molecule has 0 saturated carbocycles. The van der Waals surface area contributed by atoms with Crippen LogP contribution in [0, 0.1) is 0 Å². The summed E-state index contributed by atoms with van der Waals surface area (Å²) >= 11 is 0. The number of amides is 1. The third-order valence-corrected chi connectivity index (χ3v) is 0.992. The van der Waals surface area contributed by atoms with Gasteiger partial charge < -0.3 is 15.2 Å². The average Bonchev–Trinajstić information content (AvgIpc) is 1.85. The Morgan fingerprint density at radius 2 is 2.40 bits per heavy atom. The average molecular weight is 147 g/mol. The SMILES string of the molecule is CCO[C@H](C)CNC(=O)O. The number of hydrogen-bond donors (Lipinski definition) is 2. The highest BCUT2D eigenvalue weighted by Crippen LogP contribution is 1.86. The minimum atomic E-state index is -1.01. The molecule has 0 fully saturated rings. The molecule has 0 aromatic carbocycles. The fourth-order valence-electron chi connectivity index (χ4n) is 0.574. The van der Waals surface area contributed by atoms with E-state index in [2.05, 4.69) is 5.32 Å². The van der Waals surface area contributed by atoms with E-state index >= 15 is 0 Å². The van der Waals surface area contributed by atoms with Crippen molar-refractivity contribution >= 4 is 6.09 Å². The minimum absolute atomic E-state index is 0.0406. The third-order valence-electron chi connectivity index (χ3n) is 0.992. The lowest BCUT2D eigenvalue weighted by Crippen LogP contribution is -2.30. The van der Waals surface area contributed by atoms with Gasteiger partial charge in [0.1, 0.15) is 0 Å². The summed E-state index contributed by atoms with van der Waals surface area (Å²) in [6.07, 6.45) is -1.05. The van der Waals surface area contributed by atoms with Crippen LogP contribution < -0.4 is 5.32 Å². The molecular formula is C6H13NO3. The molecule has 0 aromatic rings. The molecule has 1 atom stereocenters. The summed E-state index contributed by atoms with van der Waals surface area (Å²) in [7, 11) is 0. The highest BCUT2D eigenvalue weighted by molar-refractivity contribution is 5.64. The van der Waals surface area contributed by atoms with Gasteiger partial charge in [0, 0.05) is 13.2 Å². The van der Waals surface area contributed by atoms with Crippen molar-refractivity contribution in [1.82, 2.24) is 5.32 Å². The second-order valence-electron chi connectivity index (χ2n) is 1.95. The highest BCUT2D eigenvalue weighted by Gasteiger charge is 2.01. The van der Waals surface area contributed by atoms with Gasteiger partial charge in [0.2, 0.25) is 0 Å². The standard InChI is InChI=1S/C6H13NO3/c1-3-10-5(2)4-7-6(8)9/h5,7H,3-4H2,1-2H3,(H,8,9)/t5-/m1/s1. The maximum absolute atomic E-state index is 9.94. The molecule has 0 bridgehead atoms. The Kier molecular flexibility index (Phi) is 4.66.